The molecule has 1 atom stereocenters. The van der Waals surface area contributed by atoms with Crippen molar-refractivity contribution in [3.05, 3.63) is 35.4 Å². The molecule has 1 aromatic carbocycles. The quantitative estimate of drug-likeness (QED) is 0.813. The summed E-state index contributed by atoms with van der Waals surface area (Å²) < 4.78 is 4.69. The summed E-state index contributed by atoms with van der Waals surface area (Å²) in [6.07, 6.45) is 1.98. The topological polar surface area (TPSA) is 87.1 Å². The van der Waals surface area contributed by atoms with Crippen LogP contribution >= 0.6 is 0 Å². The molecule has 1 amide bonds. The molecule has 2 N–H and O–H groups in total. The van der Waals surface area contributed by atoms with Crippen LogP contribution in [0.1, 0.15) is 54.6 Å². The first kappa shape index (κ1) is 16.8. The normalized spacial score (nSPS) is 32.3. The number of nitrogens with zero attached hydrogens (tertiary/aromatic N) is 1. The summed E-state index contributed by atoms with van der Waals surface area (Å²) in [7, 11) is 1.33. The van der Waals surface area contributed by atoms with Crippen LogP contribution in [0.4, 0.5) is 4.79 Å². The molecule has 2 aliphatic rings. The van der Waals surface area contributed by atoms with Gasteiger partial charge in [0.15, 0.2) is 0 Å². The van der Waals surface area contributed by atoms with E-state index >= 15 is 0 Å². The number of piperidine rings is 1. The number of hydrogen-bond donors (Lipinski definition) is 2. The van der Waals surface area contributed by atoms with Gasteiger partial charge in [0.1, 0.15) is 0 Å². The zero-order chi connectivity index (χ0) is 17.5. The molecule has 0 aromatic heterocycles. The van der Waals surface area contributed by atoms with Crippen molar-refractivity contribution >= 4 is 12.1 Å². The minimum atomic E-state index is -0.932. The number of amides is 1. The summed E-state index contributed by atoms with van der Waals surface area (Å²) in [6.45, 7) is 2.30. The maximum absolute atomic E-state index is 11.6. The molecule has 1 spiro atoms. The van der Waals surface area contributed by atoms with Gasteiger partial charge in [-0.05, 0) is 55.7 Å². The molecule has 6 heteroatoms. The Bertz CT molecular complexity index is 644. The Morgan fingerprint density at radius 2 is 1.88 bits per heavy atom. The molecular formula is C18H23NO5. The fourth-order valence-corrected chi connectivity index (χ4v) is 4.51. The number of ether oxygens (including phenoxy) is 1. The fraction of sp³-hybridized carbons (Fsp3) is 0.556. The molecular weight excluding hydrogens is 310 g/mol. The molecule has 6 nitrogen and oxygen atoms in total. The lowest BCUT2D eigenvalue weighted by atomic mass is 9.54. The summed E-state index contributed by atoms with van der Waals surface area (Å²) in [5, 5.41) is 19.6. The summed E-state index contributed by atoms with van der Waals surface area (Å²) in [5.41, 5.74) is 0.696. The van der Waals surface area contributed by atoms with E-state index < -0.39 is 17.7 Å². The van der Waals surface area contributed by atoms with Crippen molar-refractivity contribution in [2.24, 2.45) is 5.41 Å². The number of benzene rings is 1. The summed E-state index contributed by atoms with van der Waals surface area (Å²) in [4.78, 5) is 24.6. The van der Waals surface area contributed by atoms with Gasteiger partial charge >= 0.3 is 12.1 Å². The third-order valence-corrected chi connectivity index (χ3v) is 5.36. The van der Waals surface area contributed by atoms with Crippen molar-refractivity contribution in [3.8, 4) is 0 Å². The second-order valence-corrected chi connectivity index (χ2v) is 7.41. The minimum absolute atomic E-state index is 0.0150. The Hall–Kier alpha value is -2.08. The van der Waals surface area contributed by atoms with Crippen molar-refractivity contribution in [1.82, 2.24) is 4.90 Å². The van der Waals surface area contributed by atoms with Crippen molar-refractivity contribution in [1.29, 1.82) is 0 Å². The molecule has 1 aliphatic carbocycles. The van der Waals surface area contributed by atoms with Crippen LogP contribution in [0.2, 0.25) is 0 Å². The largest absolute Gasteiger partial charge is 0.465 e. The van der Waals surface area contributed by atoms with Gasteiger partial charge in [0, 0.05) is 6.54 Å². The van der Waals surface area contributed by atoms with Gasteiger partial charge < -0.3 is 19.8 Å². The van der Waals surface area contributed by atoms with E-state index in [0.717, 1.165) is 12.0 Å². The van der Waals surface area contributed by atoms with Crippen LogP contribution in [0.3, 0.4) is 0 Å². The highest BCUT2D eigenvalue weighted by Crippen LogP contribution is 2.58. The van der Waals surface area contributed by atoms with Crippen molar-refractivity contribution < 1.29 is 24.5 Å². The van der Waals surface area contributed by atoms with Gasteiger partial charge in [-0.3, -0.25) is 0 Å². The van der Waals surface area contributed by atoms with E-state index in [2.05, 4.69) is 0 Å². The van der Waals surface area contributed by atoms with Gasteiger partial charge in [-0.2, -0.15) is 0 Å². The summed E-state index contributed by atoms with van der Waals surface area (Å²) in [6, 6.07) is 6.67. The minimum Gasteiger partial charge on any atom is -0.465 e. The first-order valence-electron chi connectivity index (χ1n) is 8.16. The van der Waals surface area contributed by atoms with E-state index in [-0.39, 0.29) is 11.5 Å². The van der Waals surface area contributed by atoms with Crippen LogP contribution in [-0.2, 0) is 4.74 Å². The highest BCUT2D eigenvalue weighted by atomic mass is 16.5. The lowest BCUT2D eigenvalue weighted by Crippen LogP contribution is -2.56. The molecule has 0 bridgehead atoms. The van der Waals surface area contributed by atoms with Crippen molar-refractivity contribution in [2.75, 3.05) is 13.7 Å². The second-order valence-electron chi connectivity index (χ2n) is 7.41. The Kier molecular flexibility index (Phi) is 4.03. The summed E-state index contributed by atoms with van der Waals surface area (Å²) >= 11 is 0. The third kappa shape index (κ3) is 2.98. The average molecular weight is 333 g/mol. The number of rotatable bonds is 2. The van der Waals surface area contributed by atoms with E-state index in [1.165, 1.54) is 12.0 Å². The van der Waals surface area contributed by atoms with E-state index in [4.69, 9.17) is 4.74 Å². The second kappa shape index (κ2) is 5.77. The number of esters is 1. The molecule has 1 heterocycles. The standard InChI is InChI=1S/C18H23NO5/c1-17(23)10-18(11-17)7-8-19(16(21)22)14(9-18)12-3-5-13(6-4-12)15(20)24-2/h3-6,14,23H,7-11H2,1-2H3,(H,21,22). The van der Waals surface area contributed by atoms with E-state index in [1.807, 2.05) is 6.92 Å². The number of likely N-dealkylation sites (tertiary alicyclic amines) is 1. The van der Waals surface area contributed by atoms with Crippen molar-refractivity contribution in [3.63, 3.8) is 0 Å². The lowest BCUT2D eigenvalue weighted by Gasteiger charge is -2.57. The first-order chi connectivity index (χ1) is 11.3. The van der Waals surface area contributed by atoms with Crippen LogP contribution in [0.15, 0.2) is 24.3 Å². The smallest absolute Gasteiger partial charge is 0.407 e. The van der Waals surface area contributed by atoms with Gasteiger partial charge in [0.2, 0.25) is 0 Å². The Labute approximate surface area is 141 Å². The number of aliphatic hydroxyl groups is 1. The monoisotopic (exact) mass is 333 g/mol. The van der Waals surface area contributed by atoms with Gasteiger partial charge in [0.05, 0.1) is 24.3 Å². The third-order valence-electron chi connectivity index (χ3n) is 5.36. The number of carboxylic acid groups (broad SMARTS) is 1. The molecule has 1 saturated carbocycles. The molecule has 1 aliphatic heterocycles. The molecule has 130 valence electrons. The molecule has 1 saturated heterocycles. The average Bonchev–Trinajstić information content (AvgIpc) is 2.52. The van der Waals surface area contributed by atoms with Crippen LogP contribution in [0.25, 0.3) is 0 Å². The van der Waals surface area contributed by atoms with Crippen molar-refractivity contribution in [2.45, 2.75) is 44.2 Å². The molecule has 24 heavy (non-hydrogen) atoms. The zero-order valence-electron chi connectivity index (χ0n) is 14.0. The first-order valence-corrected chi connectivity index (χ1v) is 8.16. The number of carbonyl (C=O) groups is 2. The Morgan fingerprint density at radius 3 is 2.38 bits per heavy atom. The van der Waals surface area contributed by atoms with Gasteiger partial charge in [0.25, 0.3) is 0 Å². The Balaban J connectivity index is 1.84. The number of carbonyl (C=O) groups excluding carboxylic acids is 1. The zero-order valence-corrected chi connectivity index (χ0v) is 14.0. The molecule has 3 rings (SSSR count). The maximum atomic E-state index is 11.6. The van der Waals surface area contributed by atoms with E-state index in [0.29, 0.717) is 31.4 Å². The molecule has 1 aromatic rings. The van der Waals surface area contributed by atoms with Crippen LogP contribution in [0.5, 0.6) is 0 Å². The molecule has 0 radical (unpaired) electrons. The van der Waals surface area contributed by atoms with Gasteiger partial charge in [-0.25, -0.2) is 9.59 Å². The van der Waals surface area contributed by atoms with E-state index in [9.17, 15) is 19.8 Å². The maximum Gasteiger partial charge on any atom is 0.407 e. The Morgan fingerprint density at radius 1 is 1.25 bits per heavy atom. The number of hydrogen-bond acceptors (Lipinski definition) is 4. The fourth-order valence-electron chi connectivity index (χ4n) is 4.51. The van der Waals surface area contributed by atoms with Crippen LogP contribution in [0, 0.1) is 5.41 Å². The van der Waals surface area contributed by atoms with Gasteiger partial charge in [-0.15, -0.1) is 0 Å². The van der Waals surface area contributed by atoms with E-state index in [1.54, 1.807) is 24.3 Å². The van der Waals surface area contributed by atoms with Crippen LogP contribution in [-0.4, -0.2) is 46.4 Å². The summed E-state index contributed by atoms with van der Waals surface area (Å²) in [5.74, 6) is -0.410. The predicted molar refractivity (Wildman–Crippen MR) is 86.8 cm³/mol. The molecule has 1 unspecified atom stereocenters. The SMILES string of the molecule is COC(=O)c1ccc(C2CC3(CCN2C(=O)O)CC(C)(O)C3)cc1. The van der Waals surface area contributed by atoms with Crippen LogP contribution < -0.4 is 0 Å². The predicted octanol–water partition coefficient (Wildman–Crippen LogP) is 2.82. The van der Waals surface area contributed by atoms with Gasteiger partial charge in [-0.1, -0.05) is 12.1 Å². The highest BCUT2D eigenvalue weighted by molar-refractivity contribution is 5.89. The number of methoxy groups -OCH3 is 1. The molecule has 2 fully saturated rings. The highest BCUT2D eigenvalue weighted by Gasteiger charge is 2.54. The lowest BCUT2D eigenvalue weighted by molar-refractivity contribution is -0.144.